The Labute approximate surface area is 117 Å². The molecule has 0 aliphatic rings. The lowest BCUT2D eigenvalue weighted by molar-refractivity contribution is 0.337. The molecule has 2 rings (SSSR count). The molecule has 1 aromatic carbocycles. The fraction of sp³-hybridized carbons (Fsp3) is 0.333. The van der Waals surface area contributed by atoms with Crippen molar-refractivity contribution in [2.75, 3.05) is 6.61 Å². The van der Waals surface area contributed by atoms with Crippen molar-refractivity contribution < 1.29 is 4.74 Å². The van der Waals surface area contributed by atoms with Crippen LogP contribution >= 0.6 is 22.9 Å². The molecule has 0 aliphatic carbocycles. The van der Waals surface area contributed by atoms with Crippen LogP contribution in [-0.4, -0.2) is 6.61 Å². The van der Waals surface area contributed by atoms with E-state index in [4.69, 9.17) is 16.3 Å². The Hall–Kier alpha value is -0.990. The first-order valence-electron chi connectivity index (χ1n) is 6.03. The maximum Gasteiger partial charge on any atom is 0.124 e. The molecule has 0 bridgehead atoms. The van der Waals surface area contributed by atoms with E-state index in [1.165, 1.54) is 16.7 Å². The van der Waals surface area contributed by atoms with Crippen molar-refractivity contribution in [3.8, 4) is 5.75 Å². The van der Waals surface area contributed by atoms with Gasteiger partial charge in [0.15, 0.2) is 0 Å². The van der Waals surface area contributed by atoms with E-state index in [0.717, 1.165) is 11.3 Å². The molecule has 1 atom stereocenters. The highest BCUT2D eigenvalue weighted by molar-refractivity contribution is 7.08. The topological polar surface area (TPSA) is 9.23 Å². The van der Waals surface area contributed by atoms with Crippen molar-refractivity contribution in [2.24, 2.45) is 0 Å². The summed E-state index contributed by atoms with van der Waals surface area (Å²) in [5.41, 5.74) is 4.67. The van der Waals surface area contributed by atoms with Crippen LogP contribution in [0.3, 0.4) is 0 Å². The fourth-order valence-corrected chi connectivity index (χ4v) is 3.31. The zero-order chi connectivity index (χ0) is 13.1. The SMILES string of the molecule is CCOc1ccc(C)cc1C(Cl)c1cscc1C. The molecular weight excluding hydrogens is 264 g/mol. The highest BCUT2D eigenvalue weighted by atomic mass is 35.5. The summed E-state index contributed by atoms with van der Waals surface area (Å²) in [6.45, 7) is 6.81. The van der Waals surface area contributed by atoms with Crippen LogP contribution in [0.25, 0.3) is 0 Å². The molecular formula is C15H17ClOS. The molecule has 0 amide bonds. The van der Waals surface area contributed by atoms with Crippen LogP contribution in [0.4, 0.5) is 0 Å². The standard InChI is InChI=1S/C15H17ClOS/c1-4-17-14-6-5-10(2)7-12(14)15(16)13-9-18-8-11(13)3/h5-9,15H,4H2,1-3H3. The molecule has 2 aromatic rings. The van der Waals surface area contributed by atoms with Gasteiger partial charge < -0.3 is 4.74 Å². The van der Waals surface area contributed by atoms with Gasteiger partial charge in [-0.25, -0.2) is 0 Å². The molecule has 1 aromatic heterocycles. The van der Waals surface area contributed by atoms with Crippen LogP contribution in [-0.2, 0) is 0 Å². The third-order valence-corrected chi connectivity index (χ3v) is 4.26. The number of benzene rings is 1. The van der Waals surface area contributed by atoms with Crippen LogP contribution < -0.4 is 4.74 Å². The first-order chi connectivity index (χ1) is 8.63. The van der Waals surface area contributed by atoms with Gasteiger partial charge in [0.1, 0.15) is 5.75 Å². The molecule has 1 nitrogen and oxygen atoms in total. The molecule has 0 saturated heterocycles. The second-order valence-electron chi connectivity index (χ2n) is 4.35. The summed E-state index contributed by atoms with van der Waals surface area (Å²) < 4.78 is 5.67. The molecule has 0 saturated carbocycles. The van der Waals surface area contributed by atoms with Gasteiger partial charge in [0.25, 0.3) is 0 Å². The predicted molar refractivity (Wildman–Crippen MR) is 79.1 cm³/mol. The Kier molecular flexibility index (Phi) is 4.31. The maximum atomic E-state index is 6.62. The third kappa shape index (κ3) is 2.70. The highest BCUT2D eigenvalue weighted by Gasteiger charge is 2.18. The van der Waals surface area contributed by atoms with Crippen LogP contribution in [0.15, 0.2) is 29.0 Å². The van der Waals surface area contributed by atoms with Gasteiger partial charge in [-0.2, -0.15) is 11.3 Å². The number of thiophene rings is 1. The number of rotatable bonds is 4. The predicted octanol–water partition coefficient (Wildman–Crippen LogP) is 5.09. The molecule has 96 valence electrons. The van der Waals surface area contributed by atoms with Crippen molar-refractivity contribution in [3.05, 3.63) is 51.2 Å². The van der Waals surface area contributed by atoms with Gasteiger partial charge in [0, 0.05) is 5.56 Å². The third-order valence-electron chi connectivity index (χ3n) is 2.91. The summed E-state index contributed by atoms with van der Waals surface area (Å²) in [6.07, 6.45) is 0. The molecule has 1 unspecified atom stereocenters. The summed E-state index contributed by atoms with van der Waals surface area (Å²) in [5, 5.41) is 4.10. The van der Waals surface area contributed by atoms with Crippen molar-refractivity contribution in [1.82, 2.24) is 0 Å². The molecule has 0 fully saturated rings. The van der Waals surface area contributed by atoms with E-state index in [9.17, 15) is 0 Å². The number of hydrogen-bond donors (Lipinski definition) is 0. The number of aryl methyl sites for hydroxylation is 2. The zero-order valence-corrected chi connectivity index (χ0v) is 12.4. The molecule has 0 spiro atoms. The Morgan fingerprint density at radius 1 is 1.22 bits per heavy atom. The minimum atomic E-state index is -0.141. The van der Waals surface area contributed by atoms with E-state index in [1.54, 1.807) is 11.3 Å². The highest BCUT2D eigenvalue weighted by Crippen LogP contribution is 2.38. The lowest BCUT2D eigenvalue weighted by Crippen LogP contribution is -2.01. The average Bonchev–Trinajstić information content (AvgIpc) is 2.77. The Balaban J connectivity index is 2.43. The van der Waals surface area contributed by atoms with Crippen molar-refractivity contribution in [3.63, 3.8) is 0 Å². The van der Waals surface area contributed by atoms with Crippen molar-refractivity contribution in [1.29, 1.82) is 0 Å². The largest absolute Gasteiger partial charge is 0.494 e. The summed E-state index contributed by atoms with van der Waals surface area (Å²) >= 11 is 8.31. The maximum absolute atomic E-state index is 6.62. The Morgan fingerprint density at radius 2 is 2.00 bits per heavy atom. The van der Waals surface area contributed by atoms with Gasteiger partial charge >= 0.3 is 0 Å². The Bertz CT molecular complexity index is 533. The lowest BCUT2D eigenvalue weighted by atomic mass is 10.0. The van der Waals surface area contributed by atoms with E-state index in [0.29, 0.717) is 6.61 Å². The van der Waals surface area contributed by atoms with E-state index >= 15 is 0 Å². The van der Waals surface area contributed by atoms with E-state index in [-0.39, 0.29) is 5.38 Å². The van der Waals surface area contributed by atoms with Gasteiger partial charge in [-0.05, 0) is 48.7 Å². The van der Waals surface area contributed by atoms with Crippen LogP contribution in [0.5, 0.6) is 5.75 Å². The van der Waals surface area contributed by atoms with Gasteiger partial charge in [0.05, 0.1) is 12.0 Å². The molecule has 0 radical (unpaired) electrons. The first kappa shape index (κ1) is 13.4. The van der Waals surface area contributed by atoms with Crippen LogP contribution in [0.2, 0.25) is 0 Å². The number of hydrogen-bond acceptors (Lipinski definition) is 2. The second kappa shape index (κ2) is 5.77. The van der Waals surface area contributed by atoms with Gasteiger partial charge in [-0.15, -0.1) is 11.6 Å². The molecule has 3 heteroatoms. The quantitative estimate of drug-likeness (QED) is 0.709. The second-order valence-corrected chi connectivity index (χ2v) is 5.53. The molecule has 0 aliphatic heterocycles. The minimum absolute atomic E-state index is 0.141. The van der Waals surface area contributed by atoms with Crippen molar-refractivity contribution in [2.45, 2.75) is 26.1 Å². The van der Waals surface area contributed by atoms with Crippen LogP contribution in [0.1, 0.15) is 34.6 Å². The first-order valence-corrected chi connectivity index (χ1v) is 7.41. The fourth-order valence-electron chi connectivity index (χ4n) is 1.95. The number of halogens is 1. The van der Waals surface area contributed by atoms with E-state index in [1.807, 2.05) is 13.0 Å². The van der Waals surface area contributed by atoms with Crippen LogP contribution in [0, 0.1) is 13.8 Å². The van der Waals surface area contributed by atoms with Gasteiger partial charge in [0.2, 0.25) is 0 Å². The van der Waals surface area contributed by atoms with E-state index < -0.39 is 0 Å². The molecule has 1 heterocycles. The van der Waals surface area contributed by atoms with Gasteiger partial charge in [-0.1, -0.05) is 17.7 Å². The van der Waals surface area contributed by atoms with E-state index in [2.05, 4.69) is 36.7 Å². The summed E-state index contributed by atoms with van der Waals surface area (Å²) in [5.74, 6) is 0.883. The minimum Gasteiger partial charge on any atom is -0.494 e. The summed E-state index contributed by atoms with van der Waals surface area (Å²) in [7, 11) is 0. The Morgan fingerprint density at radius 3 is 2.61 bits per heavy atom. The number of alkyl halides is 1. The summed E-state index contributed by atoms with van der Waals surface area (Å²) in [6, 6.07) is 6.17. The van der Waals surface area contributed by atoms with Gasteiger partial charge in [-0.3, -0.25) is 0 Å². The van der Waals surface area contributed by atoms with Crippen molar-refractivity contribution >= 4 is 22.9 Å². The smallest absolute Gasteiger partial charge is 0.124 e. The molecule has 0 N–H and O–H groups in total. The average molecular weight is 281 g/mol. The summed E-state index contributed by atoms with van der Waals surface area (Å²) in [4.78, 5) is 0. The molecule has 18 heavy (non-hydrogen) atoms. The normalized spacial score (nSPS) is 12.4. The number of ether oxygens (including phenoxy) is 1. The zero-order valence-electron chi connectivity index (χ0n) is 10.9. The lowest BCUT2D eigenvalue weighted by Gasteiger charge is -2.16. The monoisotopic (exact) mass is 280 g/mol.